The van der Waals surface area contributed by atoms with E-state index in [4.69, 9.17) is 7.48 Å². The van der Waals surface area contributed by atoms with E-state index < -0.39 is 5.41 Å². The Kier molecular flexibility index (Phi) is 8.68. The molecule has 0 aliphatic rings. The second-order valence-corrected chi connectivity index (χ2v) is 16.5. The normalized spacial score (nSPS) is 12.4. The van der Waals surface area contributed by atoms with Gasteiger partial charge >= 0.3 is 0 Å². The van der Waals surface area contributed by atoms with Gasteiger partial charge in [-0.25, -0.2) is 4.98 Å². The number of ether oxygens (including phenoxy) is 1. The van der Waals surface area contributed by atoms with Crippen LogP contribution in [0.25, 0.3) is 72.3 Å². The molecular weight excluding hydrogens is 769 g/mol. The van der Waals surface area contributed by atoms with Crippen molar-refractivity contribution in [3.05, 3.63) is 236 Å². The number of rotatable bonds is 10. The summed E-state index contributed by atoms with van der Waals surface area (Å²) in [5, 5.41) is 1.95. The third kappa shape index (κ3) is 7.04. The fourth-order valence-electron chi connectivity index (χ4n) is 8.94. The Bertz CT molecular complexity index is 3540. The molecule has 0 aliphatic carbocycles. The van der Waals surface area contributed by atoms with Gasteiger partial charge in [0.2, 0.25) is 0 Å². The van der Waals surface area contributed by atoms with Crippen LogP contribution in [0.2, 0.25) is 0 Å². The van der Waals surface area contributed by atoms with Crippen molar-refractivity contribution < 1.29 is 13.4 Å². The minimum atomic E-state index is -0.392. The number of para-hydroxylation sites is 4. The summed E-state index contributed by atoms with van der Waals surface area (Å²) in [4.78, 5) is 4.64. The molecule has 302 valence electrons. The molecule has 0 saturated carbocycles. The fraction of sp³-hybridized carbons (Fsp3) is 0.0690. The lowest BCUT2D eigenvalue weighted by Crippen LogP contribution is -2.31. The maximum Gasteiger partial charge on any atom is 0.269 e. The lowest BCUT2D eigenvalue weighted by Gasteiger charge is -2.25. The Labute approximate surface area is 371 Å². The van der Waals surface area contributed by atoms with Gasteiger partial charge in [0.15, 0.2) is 0 Å². The van der Waals surface area contributed by atoms with Crippen molar-refractivity contribution in [2.24, 2.45) is 0 Å². The summed E-state index contributed by atoms with van der Waals surface area (Å²) >= 11 is 0. The molecule has 11 aromatic rings. The minimum Gasteiger partial charge on any atom is -0.458 e. The number of fused-ring (bicyclic) bond motifs is 4. The summed E-state index contributed by atoms with van der Waals surface area (Å²) in [6.45, 7) is 4.23. The van der Waals surface area contributed by atoms with E-state index in [0.29, 0.717) is 29.3 Å². The molecule has 0 atom stereocenters. The zero-order valence-electron chi connectivity index (χ0n) is 38.0. The number of aromatic nitrogens is 4. The third-order valence-electron chi connectivity index (χ3n) is 12.0. The van der Waals surface area contributed by atoms with Crippen LogP contribution in [-0.2, 0) is 11.8 Å². The molecule has 0 radical (unpaired) electrons. The van der Waals surface area contributed by atoms with Crippen LogP contribution in [-0.4, -0.2) is 14.1 Å². The first-order valence-corrected chi connectivity index (χ1v) is 21.3. The molecule has 0 amide bonds. The maximum atomic E-state index is 9.59. The molecule has 0 fully saturated rings. The van der Waals surface area contributed by atoms with Crippen molar-refractivity contribution in [2.75, 3.05) is 0 Å². The highest BCUT2D eigenvalue weighted by molar-refractivity contribution is 6.09. The van der Waals surface area contributed by atoms with Crippen molar-refractivity contribution in [2.45, 2.75) is 25.7 Å². The second kappa shape index (κ2) is 15.8. The predicted octanol–water partition coefficient (Wildman–Crippen LogP) is 13.8. The van der Waals surface area contributed by atoms with Crippen LogP contribution in [0.4, 0.5) is 0 Å². The SMILES string of the molecule is [2H]c1nc(-n2c3ccccc3c3ccc(Oc4cccc(-n5[c-][n+](-c6c(-c7ccccc7)cccc6-c6ccccc6)c6ccccc65)c4)cc32)c([2H])c(CC(C)(C)c2ccccc2)c1[2H]. The third-order valence-corrected chi connectivity index (χ3v) is 12.0. The number of nitrogens with zero attached hydrogens (tertiary/aromatic N) is 4. The first kappa shape index (κ1) is 34.7. The second-order valence-electron chi connectivity index (χ2n) is 16.5. The van der Waals surface area contributed by atoms with Gasteiger partial charge in [-0.1, -0.05) is 172 Å². The molecule has 8 aromatic carbocycles. The summed E-state index contributed by atoms with van der Waals surface area (Å²) < 4.78 is 40.4. The van der Waals surface area contributed by atoms with Crippen molar-refractivity contribution in [1.29, 1.82) is 0 Å². The molecule has 0 N–H and O–H groups in total. The molecular formula is C58H44N4O. The van der Waals surface area contributed by atoms with Gasteiger partial charge < -0.3 is 4.74 Å². The molecule has 3 aromatic heterocycles. The first-order valence-electron chi connectivity index (χ1n) is 22.8. The van der Waals surface area contributed by atoms with Crippen molar-refractivity contribution >= 4 is 32.8 Å². The summed E-state index contributed by atoms with van der Waals surface area (Å²) in [6, 6.07) is 68.2. The summed E-state index contributed by atoms with van der Waals surface area (Å²) in [5.41, 5.74) is 11.2. The molecule has 3 heterocycles. The Morgan fingerprint density at radius 3 is 1.97 bits per heavy atom. The van der Waals surface area contributed by atoms with Gasteiger partial charge in [0, 0.05) is 23.0 Å². The van der Waals surface area contributed by atoms with E-state index in [9.17, 15) is 1.37 Å². The summed E-state index contributed by atoms with van der Waals surface area (Å²) in [5.74, 6) is 1.55. The van der Waals surface area contributed by atoms with Gasteiger partial charge in [-0.3, -0.25) is 13.7 Å². The fourth-order valence-corrected chi connectivity index (χ4v) is 8.94. The number of hydrogen-bond donors (Lipinski definition) is 0. The van der Waals surface area contributed by atoms with Crippen molar-refractivity contribution in [3.8, 4) is 50.9 Å². The van der Waals surface area contributed by atoms with Gasteiger partial charge in [0.05, 0.1) is 37.6 Å². The van der Waals surface area contributed by atoms with Gasteiger partial charge in [-0.15, -0.1) is 0 Å². The lowest BCUT2D eigenvalue weighted by molar-refractivity contribution is -0.571. The zero-order valence-corrected chi connectivity index (χ0v) is 35.0. The van der Waals surface area contributed by atoms with E-state index in [2.05, 4.69) is 150 Å². The van der Waals surface area contributed by atoms with Crippen LogP contribution in [0.1, 0.15) is 29.1 Å². The van der Waals surface area contributed by atoms with Crippen LogP contribution in [0.5, 0.6) is 11.5 Å². The largest absolute Gasteiger partial charge is 0.458 e. The Morgan fingerprint density at radius 2 is 1.22 bits per heavy atom. The quantitative estimate of drug-likeness (QED) is 0.102. The van der Waals surface area contributed by atoms with E-state index in [1.165, 1.54) is 0 Å². The number of hydrogen-bond acceptors (Lipinski definition) is 2. The molecule has 11 rings (SSSR count). The molecule has 63 heavy (non-hydrogen) atoms. The van der Waals surface area contributed by atoms with E-state index >= 15 is 0 Å². The molecule has 0 unspecified atom stereocenters. The van der Waals surface area contributed by atoms with Crippen molar-refractivity contribution in [1.82, 2.24) is 14.1 Å². The van der Waals surface area contributed by atoms with E-state index in [1.807, 2.05) is 89.5 Å². The van der Waals surface area contributed by atoms with Crippen molar-refractivity contribution in [3.63, 3.8) is 0 Å². The molecule has 0 saturated heterocycles. The zero-order chi connectivity index (χ0) is 44.9. The first-order chi connectivity index (χ1) is 32.2. The molecule has 0 spiro atoms. The lowest BCUT2D eigenvalue weighted by atomic mass is 9.79. The number of pyridine rings is 1. The molecule has 0 aliphatic heterocycles. The average Bonchev–Trinajstić information content (AvgIpc) is 3.90. The highest BCUT2D eigenvalue weighted by Gasteiger charge is 2.23. The Morgan fingerprint density at radius 1 is 0.603 bits per heavy atom. The van der Waals surface area contributed by atoms with Gasteiger partial charge in [-0.05, 0) is 93.7 Å². The highest BCUT2D eigenvalue weighted by Crippen LogP contribution is 2.38. The van der Waals surface area contributed by atoms with Crippen LogP contribution < -0.4 is 9.30 Å². The van der Waals surface area contributed by atoms with Crippen LogP contribution >= 0.6 is 0 Å². The summed E-state index contributed by atoms with van der Waals surface area (Å²) in [6.07, 6.45) is 4.00. The molecule has 0 bridgehead atoms. The molecule has 5 nitrogen and oxygen atoms in total. The van der Waals surface area contributed by atoms with Crippen LogP contribution in [0.15, 0.2) is 218 Å². The highest BCUT2D eigenvalue weighted by atomic mass is 16.5. The van der Waals surface area contributed by atoms with Gasteiger partial charge in [-0.2, -0.15) is 0 Å². The van der Waals surface area contributed by atoms with E-state index in [-0.39, 0.29) is 18.3 Å². The van der Waals surface area contributed by atoms with Gasteiger partial charge in [0.1, 0.15) is 17.3 Å². The smallest absolute Gasteiger partial charge is 0.269 e. The van der Waals surface area contributed by atoms with Crippen LogP contribution in [0.3, 0.4) is 0 Å². The van der Waals surface area contributed by atoms with Gasteiger partial charge in [0.25, 0.3) is 6.33 Å². The average molecular weight is 816 g/mol. The monoisotopic (exact) mass is 815 g/mol. The Hall–Kier alpha value is -8.02. The minimum absolute atomic E-state index is 0.0206. The maximum absolute atomic E-state index is 9.59. The Balaban J connectivity index is 1.01. The van der Waals surface area contributed by atoms with E-state index in [1.54, 1.807) is 0 Å². The van der Waals surface area contributed by atoms with E-state index in [0.717, 1.165) is 72.0 Å². The number of imidazole rings is 1. The standard InChI is InChI=1S/C58H44N4O/c1-58(2,44-22-10-5-11-23-44)39-41-34-35-59-56(36-41)62-52-29-13-12-26-50(52)51-33-32-47(38-55(51)62)63-46-25-16-24-45(37-46)60-40-61(54-31-15-14-30-53(54)60)57-48(42-18-6-3-7-19-42)27-17-28-49(57)43-20-8-4-9-21-43/h3-38H,39H2,1-2H3/i34D,35D,36D. The summed E-state index contributed by atoms with van der Waals surface area (Å²) in [7, 11) is 0. The number of benzene rings is 8. The predicted molar refractivity (Wildman–Crippen MR) is 256 cm³/mol. The van der Waals surface area contributed by atoms with Crippen LogP contribution in [0, 0.1) is 6.33 Å². The molecule has 5 heteroatoms. The topological polar surface area (TPSA) is 35.9 Å².